The van der Waals surface area contributed by atoms with E-state index in [1.54, 1.807) is 6.07 Å². The average Bonchev–Trinajstić information content (AvgIpc) is 3.25. The Morgan fingerprint density at radius 1 is 1.00 bits per heavy atom. The fraction of sp³-hybridized carbons (Fsp3) is 0.435. The second-order valence-corrected chi connectivity index (χ2v) is 7.85. The minimum absolute atomic E-state index is 0.216. The van der Waals surface area contributed by atoms with Gasteiger partial charge in [0, 0.05) is 26.3 Å². The second-order valence-electron chi connectivity index (χ2n) is 7.85. The number of carbonyl (C=O) groups is 1. The highest BCUT2D eigenvalue weighted by atomic mass is 19.2. The Balaban J connectivity index is 1.69. The normalized spacial score (nSPS) is 19.0. The van der Waals surface area contributed by atoms with Crippen LogP contribution in [0.5, 0.6) is 0 Å². The van der Waals surface area contributed by atoms with Gasteiger partial charge in [-0.3, -0.25) is 4.79 Å². The lowest BCUT2D eigenvalue weighted by molar-refractivity contribution is -0.146. The number of amides is 1. The molecule has 5 heteroatoms. The van der Waals surface area contributed by atoms with E-state index in [9.17, 15) is 13.6 Å². The van der Waals surface area contributed by atoms with E-state index in [1.807, 2.05) is 29.2 Å². The molecule has 2 aliphatic rings. The standard InChI is InChI=1S/C23H25F2NO2/c24-20-8-7-17(15-21(20)25)19-6-2-1-5-18(19)16-23(9-13-28-14-10-23)22(27)26-11-3-4-12-26/h1-2,5-8,15H,3-4,9-14,16H2. The third-order valence-corrected chi connectivity index (χ3v) is 6.07. The SMILES string of the molecule is O=C(N1CCCC1)C1(Cc2ccccc2-c2ccc(F)c(F)c2)CCOCC1. The highest BCUT2D eigenvalue weighted by Crippen LogP contribution is 2.39. The Bertz CT molecular complexity index is 855. The Morgan fingerprint density at radius 2 is 1.71 bits per heavy atom. The molecule has 28 heavy (non-hydrogen) atoms. The number of hydrogen-bond acceptors (Lipinski definition) is 2. The molecule has 0 unspecified atom stereocenters. The Kier molecular flexibility index (Phi) is 5.44. The Labute approximate surface area is 164 Å². The van der Waals surface area contributed by atoms with E-state index in [0.29, 0.717) is 38.0 Å². The molecule has 4 rings (SSSR count). The molecule has 2 saturated heterocycles. The lowest BCUT2D eigenvalue weighted by Gasteiger charge is -2.39. The fourth-order valence-corrected chi connectivity index (χ4v) is 4.47. The number of nitrogens with zero attached hydrogens (tertiary/aromatic N) is 1. The van der Waals surface area contributed by atoms with Gasteiger partial charge in [-0.15, -0.1) is 0 Å². The zero-order valence-electron chi connectivity index (χ0n) is 15.9. The molecule has 2 aromatic carbocycles. The number of rotatable bonds is 4. The molecular formula is C23H25F2NO2. The first kappa shape index (κ1) is 19.1. The van der Waals surface area contributed by atoms with E-state index in [4.69, 9.17) is 4.74 Å². The highest BCUT2D eigenvalue weighted by molar-refractivity contribution is 5.84. The molecule has 0 N–H and O–H groups in total. The van der Waals surface area contributed by atoms with Crippen molar-refractivity contribution in [2.75, 3.05) is 26.3 Å². The molecule has 148 valence electrons. The molecule has 0 saturated carbocycles. The molecule has 1 amide bonds. The van der Waals surface area contributed by atoms with E-state index < -0.39 is 17.0 Å². The summed E-state index contributed by atoms with van der Waals surface area (Å²) in [5.74, 6) is -1.50. The zero-order valence-corrected chi connectivity index (χ0v) is 15.9. The first-order valence-electron chi connectivity index (χ1n) is 10.00. The third kappa shape index (κ3) is 3.68. The maximum absolute atomic E-state index is 13.8. The van der Waals surface area contributed by atoms with Crippen LogP contribution in [-0.2, 0) is 16.0 Å². The van der Waals surface area contributed by atoms with Crippen LogP contribution in [0.4, 0.5) is 8.78 Å². The summed E-state index contributed by atoms with van der Waals surface area (Å²) in [4.78, 5) is 15.4. The minimum Gasteiger partial charge on any atom is -0.381 e. The van der Waals surface area contributed by atoms with Crippen molar-refractivity contribution >= 4 is 5.91 Å². The van der Waals surface area contributed by atoms with Crippen LogP contribution in [0.2, 0.25) is 0 Å². The van der Waals surface area contributed by atoms with Crippen molar-refractivity contribution in [2.24, 2.45) is 5.41 Å². The van der Waals surface area contributed by atoms with Crippen LogP contribution < -0.4 is 0 Å². The summed E-state index contributed by atoms with van der Waals surface area (Å²) in [5.41, 5.74) is 1.98. The molecule has 0 aromatic heterocycles. The van der Waals surface area contributed by atoms with E-state index >= 15 is 0 Å². The van der Waals surface area contributed by atoms with Crippen LogP contribution in [0.25, 0.3) is 11.1 Å². The van der Waals surface area contributed by atoms with Crippen LogP contribution in [0.3, 0.4) is 0 Å². The molecule has 3 nitrogen and oxygen atoms in total. The van der Waals surface area contributed by atoms with Gasteiger partial charge in [0.2, 0.25) is 5.91 Å². The molecule has 2 aromatic rings. The van der Waals surface area contributed by atoms with Gasteiger partial charge in [0.05, 0.1) is 5.41 Å². The number of hydrogen-bond donors (Lipinski definition) is 0. The highest BCUT2D eigenvalue weighted by Gasteiger charge is 2.43. The number of carbonyl (C=O) groups excluding carboxylic acids is 1. The largest absolute Gasteiger partial charge is 0.381 e. The van der Waals surface area contributed by atoms with Crippen LogP contribution >= 0.6 is 0 Å². The summed E-state index contributed by atoms with van der Waals surface area (Å²) in [5, 5.41) is 0. The first-order chi connectivity index (χ1) is 13.6. The summed E-state index contributed by atoms with van der Waals surface area (Å²) in [6.45, 7) is 2.80. The molecule has 2 fully saturated rings. The van der Waals surface area contributed by atoms with Crippen LogP contribution in [0.1, 0.15) is 31.2 Å². The Morgan fingerprint density at radius 3 is 2.43 bits per heavy atom. The van der Waals surface area contributed by atoms with Crippen molar-refractivity contribution in [1.29, 1.82) is 0 Å². The lowest BCUT2D eigenvalue weighted by atomic mass is 9.73. The maximum atomic E-state index is 13.8. The maximum Gasteiger partial charge on any atom is 0.229 e. The van der Waals surface area contributed by atoms with Gasteiger partial charge in [-0.25, -0.2) is 8.78 Å². The van der Waals surface area contributed by atoms with Gasteiger partial charge in [-0.2, -0.15) is 0 Å². The van der Waals surface area contributed by atoms with Crippen LogP contribution in [-0.4, -0.2) is 37.1 Å². The van der Waals surface area contributed by atoms with E-state index in [-0.39, 0.29) is 5.91 Å². The van der Waals surface area contributed by atoms with Crippen molar-refractivity contribution in [3.63, 3.8) is 0 Å². The van der Waals surface area contributed by atoms with Gasteiger partial charge in [0.1, 0.15) is 0 Å². The molecule has 2 heterocycles. The smallest absolute Gasteiger partial charge is 0.229 e. The first-order valence-corrected chi connectivity index (χ1v) is 10.00. The van der Waals surface area contributed by atoms with Crippen LogP contribution in [0, 0.1) is 17.0 Å². The van der Waals surface area contributed by atoms with Crippen molar-refractivity contribution in [2.45, 2.75) is 32.1 Å². The van der Waals surface area contributed by atoms with E-state index in [1.165, 1.54) is 6.07 Å². The fourth-order valence-electron chi connectivity index (χ4n) is 4.47. The molecule has 0 radical (unpaired) electrons. The lowest BCUT2D eigenvalue weighted by Crippen LogP contribution is -2.47. The van der Waals surface area contributed by atoms with Gasteiger partial charge in [0.15, 0.2) is 11.6 Å². The quantitative estimate of drug-likeness (QED) is 0.770. The van der Waals surface area contributed by atoms with Crippen molar-refractivity contribution in [3.05, 3.63) is 59.7 Å². The van der Waals surface area contributed by atoms with Crippen molar-refractivity contribution in [1.82, 2.24) is 4.90 Å². The minimum atomic E-state index is -0.860. The predicted molar refractivity (Wildman–Crippen MR) is 104 cm³/mol. The number of likely N-dealkylation sites (tertiary alicyclic amines) is 1. The summed E-state index contributed by atoms with van der Waals surface area (Å²) in [6, 6.07) is 11.7. The number of benzene rings is 2. The summed E-state index contributed by atoms with van der Waals surface area (Å²) in [7, 11) is 0. The van der Waals surface area contributed by atoms with Crippen LogP contribution in [0.15, 0.2) is 42.5 Å². The molecule has 0 bridgehead atoms. The summed E-state index contributed by atoms with van der Waals surface area (Å²) < 4.78 is 32.8. The van der Waals surface area contributed by atoms with Crippen molar-refractivity contribution in [3.8, 4) is 11.1 Å². The van der Waals surface area contributed by atoms with Crippen molar-refractivity contribution < 1.29 is 18.3 Å². The van der Waals surface area contributed by atoms with Gasteiger partial charge in [-0.05, 0) is 60.9 Å². The summed E-state index contributed by atoms with van der Waals surface area (Å²) >= 11 is 0. The van der Waals surface area contributed by atoms with Gasteiger partial charge < -0.3 is 9.64 Å². The van der Waals surface area contributed by atoms with Gasteiger partial charge in [-0.1, -0.05) is 30.3 Å². The molecule has 2 aliphatic heterocycles. The topological polar surface area (TPSA) is 29.5 Å². The molecule has 0 atom stereocenters. The Hall–Kier alpha value is -2.27. The third-order valence-electron chi connectivity index (χ3n) is 6.07. The van der Waals surface area contributed by atoms with E-state index in [0.717, 1.165) is 43.1 Å². The molecule has 0 aliphatic carbocycles. The van der Waals surface area contributed by atoms with Gasteiger partial charge in [0.25, 0.3) is 0 Å². The predicted octanol–water partition coefficient (Wildman–Crippen LogP) is 4.59. The van der Waals surface area contributed by atoms with Gasteiger partial charge >= 0.3 is 0 Å². The molecular weight excluding hydrogens is 360 g/mol. The zero-order chi connectivity index (χ0) is 19.6. The number of halogens is 2. The summed E-state index contributed by atoms with van der Waals surface area (Å²) in [6.07, 6.45) is 4.08. The number of ether oxygens (including phenoxy) is 1. The monoisotopic (exact) mass is 385 g/mol. The average molecular weight is 385 g/mol. The van der Waals surface area contributed by atoms with E-state index in [2.05, 4.69) is 0 Å². The second kappa shape index (κ2) is 8.00. The molecule has 0 spiro atoms.